The van der Waals surface area contributed by atoms with E-state index in [0.29, 0.717) is 6.54 Å². The summed E-state index contributed by atoms with van der Waals surface area (Å²) in [7, 11) is 1.46. The Morgan fingerprint density at radius 1 is 1.33 bits per heavy atom. The highest BCUT2D eigenvalue weighted by atomic mass is 19.4. The molecule has 1 aromatic heterocycles. The van der Waals surface area contributed by atoms with E-state index in [2.05, 4.69) is 20.6 Å². The van der Waals surface area contributed by atoms with Gasteiger partial charge in [-0.05, 0) is 6.92 Å². The van der Waals surface area contributed by atoms with Gasteiger partial charge in [-0.3, -0.25) is 0 Å². The molecule has 84 valence electrons. The van der Waals surface area contributed by atoms with Crippen LogP contribution in [-0.2, 0) is 6.18 Å². The van der Waals surface area contributed by atoms with E-state index in [1.165, 1.54) is 7.05 Å². The summed E-state index contributed by atoms with van der Waals surface area (Å²) < 4.78 is 37.1. The summed E-state index contributed by atoms with van der Waals surface area (Å²) in [5, 5.41) is 5.18. The van der Waals surface area contributed by atoms with Crippen molar-refractivity contribution in [3.05, 3.63) is 11.8 Å². The quantitative estimate of drug-likeness (QED) is 0.817. The molecule has 0 amide bonds. The van der Waals surface area contributed by atoms with Crippen molar-refractivity contribution >= 4 is 11.8 Å². The molecule has 2 N–H and O–H groups in total. The van der Waals surface area contributed by atoms with Crippen molar-refractivity contribution in [2.45, 2.75) is 13.1 Å². The predicted octanol–water partition coefficient (Wildman–Crippen LogP) is 1.97. The van der Waals surface area contributed by atoms with Crippen molar-refractivity contribution < 1.29 is 13.2 Å². The summed E-state index contributed by atoms with van der Waals surface area (Å²) in [6, 6.07) is 0.879. The molecule has 0 radical (unpaired) electrons. The van der Waals surface area contributed by atoms with Crippen LogP contribution in [0.4, 0.5) is 24.9 Å². The fourth-order valence-electron chi connectivity index (χ4n) is 0.976. The highest BCUT2D eigenvalue weighted by molar-refractivity contribution is 5.42. The van der Waals surface area contributed by atoms with Crippen molar-refractivity contribution in [3.63, 3.8) is 0 Å². The van der Waals surface area contributed by atoms with Crippen LogP contribution < -0.4 is 10.6 Å². The molecule has 0 aromatic carbocycles. The first-order chi connectivity index (χ1) is 6.97. The molecule has 0 unspecified atom stereocenters. The Kier molecular flexibility index (Phi) is 3.33. The van der Waals surface area contributed by atoms with E-state index in [1.807, 2.05) is 0 Å². The first-order valence-corrected chi connectivity index (χ1v) is 4.35. The normalized spacial score (nSPS) is 11.3. The number of nitrogens with zero attached hydrogens (tertiary/aromatic N) is 2. The van der Waals surface area contributed by atoms with Crippen molar-refractivity contribution in [2.75, 3.05) is 24.2 Å². The van der Waals surface area contributed by atoms with E-state index >= 15 is 0 Å². The molecule has 1 heterocycles. The lowest BCUT2D eigenvalue weighted by atomic mass is 10.4. The van der Waals surface area contributed by atoms with Gasteiger partial charge in [0, 0.05) is 19.7 Å². The zero-order valence-electron chi connectivity index (χ0n) is 8.31. The maximum Gasteiger partial charge on any atom is 0.433 e. The summed E-state index contributed by atoms with van der Waals surface area (Å²) in [5.41, 5.74) is -0.960. The van der Waals surface area contributed by atoms with Gasteiger partial charge in [0.25, 0.3) is 0 Å². The van der Waals surface area contributed by atoms with Crippen LogP contribution >= 0.6 is 0 Å². The molecule has 0 aliphatic carbocycles. The summed E-state index contributed by atoms with van der Waals surface area (Å²) in [5.74, 6) is 0.102. The Balaban J connectivity index is 3.11. The van der Waals surface area contributed by atoms with Gasteiger partial charge in [-0.15, -0.1) is 0 Å². The molecule has 1 rings (SSSR count). The molecule has 0 atom stereocenters. The topological polar surface area (TPSA) is 49.8 Å². The highest BCUT2D eigenvalue weighted by Gasteiger charge is 2.33. The molecule has 0 bridgehead atoms. The Morgan fingerprint density at radius 3 is 2.47 bits per heavy atom. The number of rotatable bonds is 3. The lowest BCUT2D eigenvalue weighted by Crippen LogP contribution is -2.12. The molecule has 7 heteroatoms. The van der Waals surface area contributed by atoms with Crippen LogP contribution in [0.25, 0.3) is 0 Å². The lowest BCUT2D eigenvalue weighted by Gasteiger charge is -2.10. The van der Waals surface area contributed by atoms with Crippen LogP contribution in [0.5, 0.6) is 0 Å². The van der Waals surface area contributed by atoms with E-state index in [1.54, 1.807) is 6.92 Å². The molecule has 0 aliphatic rings. The van der Waals surface area contributed by atoms with Gasteiger partial charge >= 0.3 is 6.18 Å². The molecule has 15 heavy (non-hydrogen) atoms. The zero-order chi connectivity index (χ0) is 11.5. The number of aromatic nitrogens is 2. The fourth-order valence-corrected chi connectivity index (χ4v) is 0.976. The maximum atomic E-state index is 12.4. The van der Waals surface area contributed by atoms with Gasteiger partial charge < -0.3 is 10.6 Å². The molecule has 0 saturated carbocycles. The van der Waals surface area contributed by atoms with E-state index in [4.69, 9.17) is 0 Å². The second-order valence-electron chi connectivity index (χ2n) is 2.74. The zero-order valence-corrected chi connectivity index (χ0v) is 8.31. The smallest absolute Gasteiger partial charge is 0.370 e. The van der Waals surface area contributed by atoms with Gasteiger partial charge in [-0.2, -0.15) is 18.2 Å². The van der Waals surface area contributed by atoms with Crippen LogP contribution in [0.3, 0.4) is 0 Å². The number of nitrogens with one attached hydrogen (secondary N) is 2. The SMILES string of the molecule is CCNc1cc(C(F)(F)F)nc(NC)n1. The van der Waals surface area contributed by atoms with Crippen molar-refractivity contribution in [1.29, 1.82) is 0 Å². The maximum absolute atomic E-state index is 12.4. The van der Waals surface area contributed by atoms with Gasteiger partial charge in [0.15, 0.2) is 5.69 Å². The molecule has 1 aromatic rings. The summed E-state index contributed by atoms with van der Waals surface area (Å²) in [4.78, 5) is 7.14. The van der Waals surface area contributed by atoms with Gasteiger partial charge in [0.1, 0.15) is 5.82 Å². The average Bonchev–Trinajstić information content (AvgIpc) is 2.16. The first kappa shape index (κ1) is 11.5. The van der Waals surface area contributed by atoms with Gasteiger partial charge in [0.2, 0.25) is 5.95 Å². The van der Waals surface area contributed by atoms with Crippen LogP contribution in [-0.4, -0.2) is 23.6 Å². The lowest BCUT2D eigenvalue weighted by molar-refractivity contribution is -0.141. The molecule has 0 spiro atoms. The summed E-state index contributed by atoms with van der Waals surface area (Å²) >= 11 is 0. The number of hydrogen-bond donors (Lipinski definition) is 2. The Morgan fingerprint density at radius 2 is 2.00 bits per heavy atom. The van der Waals surface area contributed by atoms with Crippen LogP contribution in [0.2, 0.25) is 0 Å². The van der Waals surface area contributed by atoms with Crippen LogP contribution in [0.15, 0.2) is 6.07 Å². The predicted molar refractivity (Wildman–Crippen MR) is 50.7 cm³/mol. The monoisotopic (exact) mass is 220 g/mol. The minimum absolute atomic E-state index is 0.0548. The molecule has 0 aliphatic heterocycles. The van der Waals surface area contributed by atoms with Gasteiger partial charge in [-0.1, -0.05) is 0 Å². The molecule has 4 nitrogen and oxygen atoms in total. The third-order valence-electron chi connectivity index (χ3n) is 1.60. The number of alkyl halides is 3. The van der Waals surface area contributed by atoms with Crippen molar-refractivity contribution in [3.8, 4) is 0 Å². The Bertz CT molecular complexity index is 337. The molecule has 0 fully saturated rings. The Hall–Kier alpha value is -1.53. The van der Waals surface area contributed by atoms with Crippen LogP contribution in [0.1, 0.15) is 12.6 Å². The Labute approximate surface area is 84.9 Å². The van der Waals surface area contributed by atoms with Gasteiger partial charge in [-0.25, -0.2) is 4.98 Å². The second-order valence-corrected chi connectivity index (χ2v) is 2.74. The van der Waals surface area contributed by atoms with Crippen molar-refractivity contribution in [2.24, 2.45) is 0 Å². The summed E-state index contributed by atoms with van der Waals surface area (Å²) in [6.07, 6.45) is -4.46. The minimum Gasteiger partial charge on any atom is -0.370 e. The minimum atomic E-state index is -4.46. The second kappa shape index (κ2) is 4.33. The molecular weight excluding hydrogens is 209 g/mol. The standard InChI is InChI=1S/C8H11F3N4/c1-3-13-6-4-5(8(9,10)11)14-7(12-2)15-6/h4H,3H2,1-2H3,(H2,12,13,14,15). The van der Waals surface area contributed by atoms with Crippen molar-refractivity contribution in [1.82, 2.24) is 9.97 Å². The first-order valence-electron chi connectivity index (χ1n) is 4.35. The number of anilines is 2. The third-order valence-corrected chi connectivity index (χ3v) is 1.60. The number of halogens is 3. The van der Waals surface area contributed by atoms with E-state index < -0.39 is 11.9 Å². The van der Waals surface area contributed by atoms with E-state index in [-0.39, 0.29) is 11.8 Å². The highest BCUT2D eigenvalue weighted by Crippen LogP contribution is 2.29. The fraction of sp³-hybridized carbons (Fsp3) is 0.500. The largest absolute Gasteiger partial charge is 0.433 e. The third kappa shape index (κ3) is 2.97. The average molecular weight is 220 g/mol. The number of hydrogen-bond acceptors (Lipinski definition) is 4. The molecular formula is C8H11F3N4. The van der Waals surface area contributed by atoms with Crippen LogP contribution in [0, 0.1) is 0 Å². The van der Waals surface area contributed by atoms with Gasteiger partial charge in [0.05, 0.1) is 0 Å². The van der Waals surface area contributed by atoms with E-state index in [0.717, 1.165) is 6.07 Å². The van der Waals surface area contributed by atoms with E-state index in [9.17, 15) is 13.2 Å². The summed E-state index contributed by atoms with van der Waals surface area (Å²) in [6.45, 7) is 2.27. The molecule has 0 saturated heterocycles.